The van der Waals surface area contributed by atoms with Gasteiger partial charge in [-0.2, -0.15) is 0 Å². The normalized spacial score (nSPS) is 16.1. The molecular formula is C7H14N4O. The van der Waals surface area contributed by atoms with Crippen molar-refractivity contribution in [2.24, 2.45) is 10.7 Å². The highest BCUT2D eigenvalue weighted by atomic mass is 16.1. The zero-order valence-corrected chi connectivity index (χ0v) is 7.21. The van der Waals surface area contributed by atoms with Gasteiger partial charge in [-0.3, -0.25) is 9.79 Å². The summed E-state index contributed by atoms with van der Waals surface area (Å²) in [7, 11) is 1.96. The number of hydrogen-bond acceptors (Lipinski definition) is 4. The van der Waals surface area contributed by atoms with Gasteiger partial charge in [-0.25, -0.2) is 0 Å². The Hall–Kier alpha value is -1.26. The van der Waals surface area contributed by atoms with Gasteiger partial charge in [0.05, 0.1) is 6.54 Å². The second-order valence-electron chi connectivity index (χ2n) is 2.77. The fourth-order valence-corrected chi connectivity index (χ4v) is 1.02. The van der Waals surface area contributed by atoms with Gasteiger partial charge in [0.25, 0.3) is 0 Å². The van der Waals surface area contributed by atoms with Crippen LogP contribution < -0.4 is 11.1 Å². The Morgan fingerprint density at radius 3 is 3.08 bits per heavy atom. The second-order valence-corrected chi connectivity index (χ2v) is 2.77. The second kappa shape index (κ2) is 3.94. The van der Waals surface area contributed by atoms with Crippen molar-refractivity contribution in [3.8, 4) is 0 Å². The molecule has 0 saturated heterocycles. The van der Waals surface area contributed by atoms with Crippen LogP contribution in [0.2, 0.25) is 0 Å². The number of hydrogen-bond donors (Lipinski definition) is 2. The minimum atomic E-state index is -0.288. The SMILES string of the molecule is CN1CCN=C1NCCC(N)=O. The Labute approximate surface area is 71.6 Å². The molecule has 1 aliphatic heterocycles. The number of rotatable bonds is 3. The number of nitrogens with two attached hydrogens (primary N) is 1. The molecule has 5 heteroatoms. The number of likely N-dealkylation sites (N-methyl/N-ethyl adjacent to an activating group) is 1. The summed E-state index contributed by atoms with van der Waals surface area (Å²) in [5.41, 5.74) is 4.98. The molecule has 0 aliphatic carbocycles. The predicted molar refractivity (Wildman–Crippen MR) is 46.7 cm³/mol. The minimum Gasteiger partial charge on any atom is -0.370 e. The van der Waals surface area contributed by atoms with Crippen LogP contribution in [0.15, 0.2) is 4.99 Å². The largest absolute Gasteiger partial charge is 0.370 e. The molecule has 0 radical (unpaired) electrons. The lowest BCUT2D eigenvalue weighted by Crippen LogP contribution is -2.37. The van der Waals surface area contributed by atoms with Crippen molar-refractivity contribution < 1.29 is 4.79 Å². The maximum Gasteiger partial charge on any atom is 0.219 e. The average molecular weight is 170 g/mol. The Kier molecular flexibility index (Phi) is 2.90. The Morgan fingerprint density at radius 2 is 2.58 bits per heavy atom. The van der Waals surface area contributed by atoms with Crippen molar-refractivity contribution in [3.05, 3.63) is 0 Å². The predicted octanol–water partition coefficient (Wildman–Crippen LogP) is -1.25. The Balaban J connectivity index is 2.19. The molecule has 0 unspecified atom stereocenters. The highest BCUT2D eigenvalue weighted by molar-refractivity contribution is 5.82. The van der Waals surface area contributed by atoms with E-state index in [2.05, 4.69) is 10.3 Å². The summed E-state index contributed by atoms with van der Waals surface area (Å²) in [5.74, 6) is 0.569. The summed E-state index contributed by atoms with van der Waals surface area (Å²) in [6.07, 6.45) is 0.354. The van der Waals surface area contributed by atoms with Crippen molar-refractivity contribution in [2.75, 3.05) is 26.7 Å². The van der Waals surface area contributed by atoms with Crippen LogP contribution >= 0.6 is 0 Å². The third kappa shape index (κ3) is 2.41. The van der Waals surface area contributed by atoms with E-state index >= 15 is 0 Å². The van der Waals surface area contributed by atoms with Gasteiger partial charge in [-0.05, 0) is 0 Å². The van der Waals surface area contributed by atoms with E-state index in [1.165, 1.54) is 0 Å². The first-order valence-electron chi connectivity index (χ1n) is 3.98. The van der Waals surface area contributed by atoms with Gasteiger partial charge in [0.1, 0.15) is 0 Å². The monoisotopic (exact) mass is 170 g/mol. The van der Waals surface area contributed by atoms with E-state index in [1.807, 2.05) is 11.9 Å². The Morgan fingerprint density at radius 1 is 1.83 bits per heavy atom. The van der Waals surface area contributed by atoms with Gasteiger partial charge >= 0.3 is 0 Å². The number of nitrogens with one attached hydrogen (secondary N) is 1. The van der Waals surface area contributed by atoms with Crippen molar-refractivity contribution in [3.63, 3.8) is 0 Å². The van der Waals surface area contributed by atoms with Crippen LogP contribution in [0.3, 0.4) is 0 Å². The lowest BCUT2D eigenvalue weighted by atomic mass is 10.4. The number of aliphatic imine (C=N–C) groups is 1. The summed E-state index contributed by atoms with van der Waals surface area (Å²) >= 11 is 0. The van der Waals surface area contributed by atoms with Crippen molar-refractivity contribution in [1.29, 1.82) is 0 Å². The van der Waals surface area contributed by atoms with Gasteiger partial charge in [0.15, 0.2) is 5.96 Å². The molecule has 0 atom stereocenters. The van der Waals surface area contributed by atoms with E-state index in [0.717, 1.165) is 19.0 Å². The third-order valence-electron chi connectivity index (χ3n) is 1.71. The first-order chi connectivity index (χ1) is 5.70. The van der Waals surface area contributed by atoms with Crippen LogP contribution in [0.1, 0.15) is 6.42 Å². The van der Waals surface area contributed by atoms with Crippen LogP contribution in [0.4, 0.5) is 0 Å². The third-order valence-corrected chi connectivity index (χ3v) is 1.71. The molecule has 0 bridgehead atoms. The lowest BCUT2D eigenvalue weighted by molar-refractivity contribution is -0.117. The number of carbonyl (C=O) groups excluding carboxylic acids is 1. The van der Waals surface area contributed by atoms with Crippen LogP contribution in [0, 0.1) is 0 Å². The van der Waals surface area contributed by atoms with E-state index in [4.69, 9.17) is 5.73 Å². The fraction of sp³-hybridized carbons (Fsp3) is 0.714. The first kappa shape index (κ1) is 8.83. The molecule has 0 spiro atoms. The molecule has 1 amide bonds. The summed E-state index contributed by atoms with van der Waals surface area (Å²) in [5, 5.41) is 3.04. The number of primary amides is 1. The van der Waals surface area contributed by atoms with Gasteiger partial charge in [-0.1, -0.05) is 0 Å². The molecular weight excluding hydrogens is 156 g/mol. The molecule has 5 nitrogen and oxygen atoms in total. The van der Waals surface area contributed by atoms with Crippen LogP contribution in [-0.2, 0) is 4.79 Å². The van der Waals surface area contributed by atoms with Gasteiger partial charge in [-0.15, -0.1) is 0 Å². The van der Waals surface area contributed by atoms with E-state index in [0.29, 0.717) is 13.0 Å². The van der Waals surface area contributed by atoms with Crippen molar-refractivity contribution in [2.45, 2.75) is 6.42 Å². The number of carbonyl (C=O) groups is 1. The maximum atomic E-state index is 10.4. The molecule has 0 aromatic carbocycles. The number of nitrogens with zero attached hydrogens (tertiary/aromatic N) is 2. The topological polar surface area (TPSA) is 70.7 Å². The van der Waals surface area contributed by atoms with E-state index < -0.39 is 0 Å². The molecule has 1 heterocycles. The highest BCUT2D eigenvalue weighted by Crippen LogP contribution is 1.94. The molecule has 0 fully saturated rings. The number of amides is 1. The summed E-state index contributed by atoms with van der Waals surface area (Å²) in [6, 6.07) is 0. The minimum absolute atomic E-state index is 0.288. The first-order valence-corrected chi connectivity index (χ1v) is 3.98. The van der Waals surface area contributed by atoms with E-state index in [-0.39, 0.29) is 5.91 Å². The molecule has 12 heavy (non-hydrogen) atoms. The van der Waals surface area contributed by atoms with Crippen molar-refractivity contribution >= 4 is 11.9 Å². The van der Waals surface area contributed by atoms with Crippen LogP contribution in [-0.4, -0.2) is 43.4 Å². The van der Waals surface area contributed by atoms with Gasteiger partial charge in [0.2, 0.25) is 5.91 Å². The van der Waals surface area contributed by atoms with E-state index in [1.54, 1.807) is 0 Å². The average Bonchev–Trinajstić information content (AvgIpc) is 2.36. The van der Waals surface area contributed by atoms with Crippen LogP contribution in [0.5, 0.6) is 0 Å². The quantitative estimate of drug-likeness (QED) is 0.556. The molecule has 0 aromatic heterocycles. The number of guanidine groups is 1. The smallest absolute Gasteiger partial charge is 0.219 e. The zero-order valence-electron chi connectivity index (χ0n) is 7.21. The summed E-state index contributed by atoms with van der Waals surface area (Å²) < 4.78 is 0. The zero-order chi connectivity index (χ0) is 8.97. The van der Waals surface area contributed by atoms with Gasteiger partial charge < -0.3 is 16.0 Å². The summed E-state index contributed by atoms with van der Waals surface area (Å²) in [4.78, 5) is 16.6. The molecule has 1 rings (SSSR count). The standard InChI is InChI=1S/C7H14N4O/c1-11-5-4-10-7(11)9-3-2-6(8)12/h2-5H2,1H3,(H2,8,12)(H,9,10). The highest BCUT2D eigenvalue weighted by Gasteiger charge is 2.10. The molecule has 68 valence electrons. The molecule has 0 aromatic rings. The maximum absolute atomic E-state index is 10.4. The Bertz CT molecular complexity index is 202. The lowest BCUT2D eigenvalue weighted by Gasteiger charge is -2.14. The molecule has 0 saturated carbocycles. The molecule has 1 aliphatic rings. The van der Waals surface area contributed by atoms with Crippen molar-refractivity contribution in [1.82, 2.24) is 10.2 Å². The van der Waals surface area contributed by atoms with E-state index in [9.17, 15) is 4.79 Å². The van der Waals surface area contributed by atoms with Crippen LogP contribution in [0.25, 0.3) is 0 Å². The summed E-state index contributed by atoms with van der Waals surface area (Å²) in [6.45, 7) is 2.34. The molecule has 3 N–H and O–H groups in total. The fourth-order valence-electron chi connectivity index (χ4n) is 1.02. The van der Waals surface area contributed by atoms with Gasteiger partial charge in [0, 0.05) is 26.6 Å².